The van der Waals surface area contributed by atoms with Crippen LogP contribution in [0.1, 0.15) is 6.42 Å². The van der Waals surface area contributed by atoms with E-state index in [2.05, 4.69) is 10.1 Å². The van der Waals surface area contributed by atoms with Gasteiger partial charge in [-0.3, -0.25) is 0 Å². The van der Waals surface area contributed by atoms with Crippen molar-refractivity contribution in [3.8, 4) is 0 Å². The molecule has 0 spiro atoms. The number of aliphatic hydroxyl groups is 1. The summed E-state index contributed by atoms with van der Waals surface area (Å²) in [5, 5.41) is 13.3. The molecule has 0 aromatic carbocycles. The predicted molar refractivity (Wildman–Crippen MR) is 43.4 cm³/mol. The Morgan fingerprint density at radius 3 is 3.09 bits per heavy atom. The summed E-state index contributed by atoms with van der Waals surface area (Å²) >= 11 is 1.61. The molecule has 0 aliphatic heterocycles. The Labute approximate surface area is 69.6 Å². The van der Waals surface area contributed by atoms with Crippen molar-refractivity contribution in [2.24, 2.45) is 7.05 Å². The van der Waals surface area contributed by atoms with Crippen LogP contribution in [0, 0.1) is 0 Å². The fourth-order valence-corrected chi connectivity index (χ4v) is 1.46. The lowest BCUT2D eigenvalue weighted by molar-refractivity contribution is 0.296. The third kappa shape index (κ3) is 2.51. The van der Waals surface area contributed by atoms with Crippen LogP contribution in [0.4, 0.5) is 0 Å². The molecular formula is C6H11N3OS. The Kier molecular flexibility index (Phi) is 3.38. The lowest BCUT2D eigenvalue weighted by atomic mass is 10.5. The monoisotopic (exact) mass is 173 g/mol. The quantitative estimate of drug-likeness (QED) is 0.525. The van der Waals surface area contributed by atoms with Crippen LogP contribution in [0.5, 0.6) is 0 Å². The molecule has 1 aromatic heterocycles. The van der Waals surface area contributed by atoms with E-state index in [1.54, 1.807) is 16.4 Å². The first-order valence-electron chi connectivity index (χ1n) is 3.42. The number of aliphatic hydroxyl groups excluding tert-OH is 1. The molecule has 0 fully saturated rings. The van der Waals surface area contributed by atoms with Crippen LogP contribution in [0.2, 0.25) is 0 Å². The molecular weight excluding hydrogens is 162 g/mol. The molecule has 0 aliphatic rings. The van der Waals surface area contributed by atoms with Crippen molar-refractivity contribution in [3.63, 3.8) is 0 Å². The van der Waals surface area contributed by atoms with E-state index in [0.29, 0.717) is 0 Å². The highest BCUT2D eigenvalue weighted by molar-refractivity contribution is 7.99. The number of nitrogens with zero attached hydrogens (tertiary/aromatic N) is 3. The molecule has 0 radical (unpaired) electrons. The van der Waals surface area contributed by atoms with Gasteiger partial charge < -0.3 is 5.11 Å². The molecule has 62 valence electrons. The van der Waals surface area contributed by atoms with Crippen LogP contribution in [0.15, 0.2) is 11.5 Å². The van der Waals surface area contributed by atoms with Crippen molar-refractivity contribution >= 4 is 11.8 Å². The van der Waals surface area contributed by atoms with Gasteiger partial charge in [0.15, 0.2) is 5.16 Å². The van der Waals surface area contributed by atoms with E-state index in [9.17, 15) is 0 Å². The van der Waals surface area contributed by atoms with Crippen molar-refractivity contribution in [2.45, 2.75) is 11.6 Å². The highest BCUT2D eigenvalue weighted by atomic mass is 32.2. The number of aryl methyl sites for hydroxylation is 1. The van der Waals surface area contributed by atoms with Gasteiger partial charge in [0, 0.05) is 19.4 Å². The number of aromatic nitrogens is 3. The average Bonchev–Trinajstić information content (AvgIpc) is 2.37. The summed E-state index contributed by atoms with van der Waals surface area (Å²) in [5.74, 6) is 0.892. The van der Waals surface area contributed by atoms with Crippen molar-refractivity contribution in [1.29, 1.82) is 0 Å². The molecule has 1 aromatic rings. The van der Waals surface area contributed by atoms with E-state index in [4.69, 9.17) is 5.11 Å². The Balaban J connectivity index is 2.32. The normalized spacial score (nSPS) is 10.4. The second-order valence-corrected chi connectivity index (χ2v) is 3.15. The molecule has 0 saturated carbocycles. The summed E-state index contributed by atoms with van der Waals surface area (Å²) in [6.45, 7) is 0.241. The SMILES string of the molecule is Cn1ncnc1SCCCO. The molecule has 0 amide bonds. The van der Waals surface area contributed by atoms with Crippen LogP contribution in [0.25, 0.3) is 0 Å². The van der Waals surface area contributed by atoms with Gasteiger partial charge in [0.1, 0.15) is 6.33 Å². The summed E-state index contributed by atoms with van der Waals surface area (Å²) in [5.41, 5.74) is 0. The second kappa shape index (κ2) is 4.35. The van der Waals surface area contributed by atoms with Gasteiger partial charge in [-0.05, 0) is 6.42 Å². The summed E-state index contributed by atoms with van der Waals surface area (Å²) in [7, 11) is 1.86. The molecule has 0 saturated heterocycles. The van der Waals surface area contributed by atoms with Gasteiger partial charge in [-0.1, -0.05) is 11.8 Å². The van der Waals surface area contributed by atoms with Gasteiger partial charge in [-0.25, -0.2) is 9.67 Å². The minimum atomic E-state index is 0.241. The molecule has 0 bridgehead atoms. The third-order valence-corrected chi connectivity index (χ3v) is 2.32. The minimum Gasteiger partial charge on any atom is -0.396 e. The molecule has 0 aliphatic carbocycles. The molecule has 5 heteroatoms. The van der Waals surface area contributed by atoms with Crippen molar-refractivity contribution in [2.75, 3.05) is 12.4 Å². The zero-order valence-corrected chi connectivity index (χ0v) is 7.21. The predicted octanol–water partition coefficient (Wildman–Crippen LogP) is 0.290. The fourth-order valence-electron chi connectivity index (χ4n) is 0.644. The van der Waals surface area contributed by atoms with Gasteiger partial charge in [0.05, 0.1) is 0 Å². The smallest absolute Gasteiger partial charge is 0.185 e. The molecule has 1 rings (SSSR count). The zero-order valence-electron chi connectivity index (χ0n) is 6.40. The first-order chi connectivity index (χ1) is 5.34. The average molecular weight is 173 g/mol. The third-order valence-electron chi connectivity index (χ3n) is 1.20. The topological polar surface area (TPSA) is 50.9 Å². The van der Waals surface area contributed by atoms with Crippen LogP contribution in [0.3, 0.4) is 0 Å². The second-order valence-electron chi connectivity index (χ2n) is 2.09. The minimum absolute atomic E-state index is 0.241. The summed E-state index contributed by atoms with van der Waals surface area (Å²) in [6.07, 6.45) is 2.33. The van der Waals surface area contributed by atoms with Crippen LogP contribution >= 0.6 is 11.8 Å². The van der Waals surface area contributed by atoms with Gasteiger partial charge in [0.25, 0.3) is 0 Å². The zero-order chi connectivity index (χ0) is 8.10. The van der Waals surface area contributed by atoms with Gasteiger partial charge >= 0.3 is 0 Å². The largest absolute Gasteiger partial charge is 0.396 e. The van der Waals surface area contributed by atoms with E-state index in [1.165, 1.54) is 6.33 Å². The highest BCUT2D eigenvalue weighted by Crippen LogP contribution is 2.13. The lowest BCUT2D eigenvalue weighted by Crippen LogP contribution is -1.94. The first kappa shape index (κ1) is 8.55. The van der Waals surface area contributed by atoms with E-state index in [0.717, 1.165) is 17.3 Å². The van der Waals surface area contributed by atoms with Crippen LogP contribution in [-0.4, -0.2) is 32.2 Å². The molecule has 1 heterocycles. The van der Waals surface area contributed by atoms with Crippen LogP contribution < -0.4 is 0 Å². The maximum absolute atomic E-state index is 8.51. The molecule has 0 unspecified atom stereocenters. The molecule has 1 N–H and O–H groups in total. The fraction of sp³-hybridized carbons (Fsp3) is 0.667. The Hall–Kier alpha value is -0.550. The van der Waals surface area contributed by atoms with Crippen molar-refractivity contribution < 1.29 is 5.11 Å². The maximum atomic E-state index is 8.51. The van der Waals surface area contributed by atoms with E-state index in [-0.39, 0.29) is 6.61 Å². The van der Waals surface area contributed by atoms with Gasteiger partial charge in [0.2, 0.25) is 0 Å². The number of rotatable bonds is 4. The molecule has 0 atom stereocenters. The van der Waals surface area contributed by atoms with Crippen LogP contribution in [-0.2, 0) is 7.05 Å². The number of hydrogen-bond acceptors (Lipinski definition) is 4. The van der Waals surface area contributed by atoms with E-state index < -0.39 is 0 Å². The summed E-state index contributed by atoms with van der Waals surface area (Å²) < 4.78 is 1.72. The Bertz CT molecular complexity index is 213. The Morgan fingerprint density at radius 2 is 2.55 bits per heavy atom. The van der Waals surface area contributed by atoms with Gasteiger partial charge in [-0.2, -0.15) is 5.10 Å². The molecule has 11 heavy (non-hydrogen) atoms. The van der Waals surface area contributed by atoms with Crippen molar-refractivity contribution in [1.82, 2.24) is 14.8 Å². The molecule has 4 nitrogen and oxygen atoms in total. The summed E-state index contributed by atoms with van der Waals surface area (Å²) in [6, 6.07) is 0. The standard InChI is InChI=1S/C6H11N3OS/c1-9-6(7-5-8-9)11-4-2-3-10/h5,10H,2-4H2,1H3. The maximum Gasteiger partial charge on any atom is 0.185 e. The van der Waals surface area contributed by atoms with Gasteiger partial charge in [-0.15, -0.1) is 0 Å². The lowest BCUT2D eigenvalue weighted by Gasteiger charge is -1.97. The first-order valence-corrected chi connectivity index (χ1v) is 4.41. The summed E-state index contributed by atoms with van der Waals surface area (Å²) in [4.78, 5) is 4.02. The highest BCUT2D eigenvalue weighted by Gasteiger charge is 1.98. The Morgan fingerprint density at radius 1 is 1.73 bits per heavy atom. The number of thioether (sulfide) groups is 1. The van der Waals surface area contributed by atoms with E-state index in [1.807, 2.05) is 7.05 Å². The number of hydrogen-bond donors (Lipinski definition) is 1. The van der Waals surface area contributed by atoms with Crippen molar-refractivity contribution in [3.05, 3.63) is 6.33 Å². The van der Waals surface area contributed by atoms with E-state index >= 15 is 0 Å².